The third kappa shape index (κ3) is 6.76. The molecule has 48 heavy (non-hydrogen) atoms. The summed E-state index contributed by atoms with van der Waals surface area (Å²) < 4.78 is 0. The van der Waals surface area contributed by atoms with Gasteiger partial charge in [0.25, 0.3) is 11.8 Å². The van der Waals surface area contributed by atoms with E-state index in [1.807, 2.05) is 26.0 Å². The number of urea groups is 1. The second-order valence-corrected chi connectivity index (χ2v) is 14.4. The first-order chi connectivity index (χ1) is 22.9. The molecule has 0 bridgehead atoms. The van der Waals surface area contributed by atoms with Crippen LogP contribution in [0.1, 0.15) is 57.6 Å². The molecule has 1 saturated heterocycles. The minimum atomic E-state index is -1.21. The third-order valence-electron chi connectivity index (χ3n) is 10.2. The van der Waals surface area contributed by atoms with Crippen molar-refractivity contribution in [2.75, 3.05) is 17.2 Å². The quantitative estimate of drug-likeness (QED) is 0.109. The van der Waals surface area contributed by atoms with E-state index in [9.17, 15) is 24.4 Å². The summed E-state index contributed by atoms with van der Waals surface area (Å²) in [5, 5.41) is 32.5. The molecule has 6 N–H and O–H groups in total. The molecule has 0 spiro atoms. The zero-order valence-corrected chi connectivity index (χ0v) is 28.1. The number of oxime groups is 1. The molecule has 4 aliphatic rings. The number of hydrogen-bond donors (Lipinski definition) is 6. The highest BCUT2D eigenvalue weighted by Crippen LogP contribution is 2.51. The lowest BCUT2D eigenvalue weighted by molar-refractivity contribution is -0.125. The number of anilines is 2. The summed E-state index contributed by atoms with van der Waals surface area (Å²) in [4.78, 5) is 56.2. The van der Waals surface area contributed by atoms with Gasteiger partial charge >= 0.3 is 6.03 Å². The van der Waals surface area contributed by atoms with E-state index in [0.717, 1.165) is 36.8 Å². The predicted octanol–water partition coefficient (Wildman–Crippen LogP) is 4.60. The molecule has 254 valence electrons. The van der Waals surface area contributed by atoms with Gasteiger partial charge in [0.2, 0.25) is 5.91 Å². The van der Waals surface area contributed by atoms with Crippen molar-refractivity contribution in [2.45, 2.75) is 76.9 Å². The minimum Gasteiger partial charge on any atom is -0.410 e. The molecule has 1 unspecified atom stereocenters. The van der Waals surface area contributed by atoms with E-state index in [2.05, 4.69) is 26.4 Å². The van der Waals surface area contributed by atoms with Gasteiger partial charge in [0.1, 0.15) is 11.6 Å². The average Bonchev–Trinajstić information content (AvgIpc) is 3.97. The van der Waals surface area contributed by atoms with Gasteiger partial charge in [-0.2, -0.15) is 0 Å². The van der Waals surface area contributed by atoms with Gasteiger partial charge in [-0.1, -0.05) is 36.7 Å². The maximum atomic E-state index is 14.2. The SMILES string of the molecule is CC(=N)/C(=N\O)C(=O)N[C@H](C(=O)Nc1ccc2c(c1)CC(C(=O)Nc1ccc(Cl)cc1)(N1C[C@@H](C(C)C)NC1=O)C2)C(C1CC1)C1CC1. The maximum absolute atomic E-state index is 14.2. The molecule has 6 rings (SSSR count). The van der Waals surface area contributed by atoms with E-state index in [1.165, 1.54) is 6.92 Å². The maximum Gasteiger partial charge on any atom is 0.318 e. The lowest BCUT2D eigenvalue weighted by Crippen LogP contribution is -2.59. The number of nitrogens with one attached hydrogen (secondary N) is 5. The normalized spacial score (nSPS) is 22.7. The summed E-state index contributed by atoms with van der Waals surface area (Å²) in [6, 6.07) is 11.0. The Labute approximate surface area is 284 Å². The molecular formula is C35H42ClN7O5. The van der Waals surface area contributed by atoms with Crippen molar-refractivity contribution in [1.82, 2.24) is 15.5 Å². The van der Waals surface area contributed by atoms with Crippen molar-refractivity contribution in [1.29, 1.82) is 5.41 Å². The van der Waals surface area contributed by atoms with Crippen molar-refractivity contribution in [2.24, 2.45) is 28.8 Å². The number of nitrogens with zero attached hydrogens (tertiary/aromatic N) is 2. The molecule has 0 radical (unpaired) electrons. The number of fused-ring (bicyclic) bond motifs is 1. The van der Waals surface area contributed by atoms with Crippen LogP contribution >= 0.6 is 11.6 Å². The van der Waals surface area contributed by atoms with E-state index in [4.69, 9.17) is 17.0 Å². The van der Waals surface area contributed by atoms with Gasteiger partial charge in [0, 0.05) is 35.8 Å². The number of rotatable bonds is 12. The number of carbonyl (C=O) groups is 4. The first kappa shape index (κ1) is 33.5. The van der Waals surface area contributed by atoms with Gasteiger partial charge < -0.3 is 36.8 Å². The van der Waals surface area contributed by atoms with Crippen LogP contribution in [-0.4, -0.2) is 69.5 Å². The molecule has 12 nitrogen and oxygen atoms in total. The van der Waals surface area contributed by atoms with Crippen LogP contribution in [0.5, 0.6) is 0 Å². The van der Waals surface area contributed by atoms with Crippen LogP contribution in [0.25, 0.3) is 0 Å². The smallest absolute Gasteiger partial charge is 0.318 e. The summed E-state index contributed by atoms with van der Waals surface area (Å²) in [5.41, 5.74) is 0.936. The minimum absolute atomic E-state index is 0.0684. The number of hydrogen-bond acceptors (Lipinski definition) is 7. The molecule has 1 heterocycles. The first-order valence-electron chi connectivity index (χ1n) is 16.6. The molecule has 3 atom stereocenters. The molecular weight excluding hydrogens is 634 g/mol. The fourth-order valence-corrected chi connectivity index (χ4v) is 7.37. The lowest BCUT2D eigenvalue weighted by atomic mass is 9.88. The van der Waals surface area contributed by atoms with Crippen LogP contribution < -0.4 is 21.3 Å². The van der Waals surface area contributed by atoms with Crippen LogP contribution in [0, 0.1) is 29.1 Å². The van der Waals surface area contributed by atoms with Gasteiger partial charge in [0.15, 0.2) is 5.71 Å². The van der Waals surface area contributed by atoms with Crippen molar-refractivity contribution >= 4 is 58.2 Å². The molecule has 0 aromatic heterocycles. The molecule has 3 aliphatic carbocycles. The largest absolute Gasteiger partial charge is 0.410 e. The van der Waals surface area contributed by atoms with Crippen LogP contribution in [0.3, 0.4) is 0 Å². The molecule has 3 fully saturated rings. The Morgan fingerprint density at radius 3 is 2.19 bits per heavy atom. The Morgan fingerprint density at radius 1 is 1.00 bits per heavy atom. The molecule has 2 aromatic carbocycles. The van der Waals surface area contributed by atoms with Crippen LogP contribution in [0.4, 0.5) is 16.2 Å². The predicted molar refractivity (Wildman–Crippen MR) is 183 cm³/mol. The van der Waals surface area contributed by atoms with Crippen molar-refractivity contribution in [3.8, 4) is 0 Å². The van der Waals surface area contributed by atoms with Crippen LogP contribution in [0.2, 0.25) is 5.02 Å². The fourth-order valence-electron chi connectivity index (χ4n) is 7.24. The van der Waals surface area contributed by atoms with E-state index in [0.29, 0.717) is 41.2 Å². The third-order valence-corrected chi connectivity index (χ3v) is 10.4. The number of benzene rings is 2. The molecule has 2 saturated carbocycles. The zero-order valence-electron chi connectivity index (χ0n) is 27.3. The van der Waals surface area contributed by atoms with Gasteiger partial charge in [-0.3, -0.25) is 14.4 Å². The number of halogens is 1. The summed E-state index contributed by atoms with van der Waals surface area (Å²) in [5.74, 6) is -0.752. The average molecular weight is 676 g/mol. The van der Waals surface area contributed by atoms with Crippen molar-refractivity contribution in [3.63, 3.8) is 0 Å². The van der Waals surface area contributed by atoms with Crippen LogP contribution in [0.15, 0.2) is 47.6 Å². The zero-order chi connectivity index (χ0) is 34.3. The molecule has 5 amide bonds. The van der Waals surface area contributed by atoms with Gasteiger partial charge in [-0.05, 0) is 104 Å². The highest BCUT2D eigenvalue weighted by molar-refractivity contribution is 6.65. The Hall–Kier alpha value is -4.45. The molecule has 1 aliphatic heterocycles. The van der Waals surface area contributed by atoms with E-state index < -0.39 is 29.1 Å². The highest BCUT2D eigenvalue weighted by Gasteiger charge is 2.54. The number of carbonyl (C=O) groups excluding carboxylic acids is 4. The Kier molecular flexibility index (Phi) is 9.21. The van der Waals surface area contributed by atoms with Crippen molar-refractivity contribution in [3.05, 3.63) is 58.6 Å². The van der Waals surface area contributed by atoms with E-state index in [1.54, 1.807) is 35.2 Å². The van der Waals surface area contributed by atoms with Gasteiger partial charge in [-0.25, -0.2) is 4.79 Å². The second-order valence-electron chi connectivity index (χ2n) is 14.0. The molecule has 13 heteroatoms. The highest BCUT2D eigenvalue weighted by atomic mass is 35.5. The fraction of sp³-hybridized carbons (Fsp3) is 0.486. The van der Waals surface area contributed by atoms with Gasteiger partial charge in [-0.15, -0.1) is 0 Å². The molecule has 2 aromatic rings. The Balaban J connectivity index is 1.26. The number of amides is 5. The Bertz CT molecular complexity index is 1660. The van der Waals surface area contributed by atoms with E-state index in [-0.39, 0.29) is 41.9 Å². The Morgan fingerprint density at radius 2 is 1.62 bits per heavy atom. The van der Waals surface area contributed by atoms with Crippen LogP contribution in [-0.2, 0) is 27.2 Å². The van der Waals surface area contributed by atoms with Gasteiger partial charge in [0.05, 0.1) is 11.8 Å². The van der Waals surface area contributed by atoms with Crippen molar-refractivity contribution < 1.29 is 24.4 Å². The monoisotopic (exact) mass is 675 g/mol. The standard InChI is InChI=1S/C35H42ClN7O5/c1-18(2)27-17-43(34(47)40-27)35(33(46)39-25-12-9-24(36)10-13-25)15-22-8-11-26(14-23(22)16-35)38-32(45)30(28(20-4-5-20)21-6-7-21)41-31(44)29(42-48)19(3)37/h8-14,18,20-21,27-28,30,37,48H,4-7,15-17H2,1-3H3,(H,38,45)(H,39,46)(H,40,47)(H,41,44)/b37-19?,42-29+/t27-,30-,35?/m0/s1. The van der Waals surface area contributed by atoms with E-state index >= 15 is 0 Å². The lowest BCUT2D eigenvalue weighted by Gasteiger charge is -2.36. The topological polar surface area (TPSA) is 176 Å². The first-order valence-corrected chi connectivity index (χ1v) is 16.9. The summed E-state index contributed by atoms with van der Waals surface area (Å²) in [7, 11) is 0. The summed E-state index contributed by atoms with van der Waals surface area (Å²) in [6.07, 6.45) is 4.45. The summed E-state index contributed by atoms with van der Waals surface area (Å²) >= 11 is 6.07. The second kappa shape index (κ2) is 13.2. The summed E-state index contributed by atoms with van der Waals surface area (Å²) in [6.45, 7) is 5.78.